The molecule has 2 fully saturated rings. The number of rotatable bonds is 2. The van der Waals surface area contributed by atoms with Gasteiger partial charge in [-0.25, -0.2) is 4.98 Å². The van der Waals surface area contributed by atoms with Crippen LogP contribution in [0.3, 0.4) is 0 Å². The van der Waals surface area contributed by atoms with Gasteiger partial charge in [0, 0.05) is 37.8 Å². The van der Waals surface area contributed by atoms with Gasteiger partial charge in [-0.15, -0.1) is 0 Å². The summed E-state index contributed by atoms with van der Waals surface area (Å²) in [5.41, 5.74) is 1.04. The summed E-state index contributed by atoms with van der Waals surface area (Å²) in [5, 5.41) is 0. The minimum absolute atomic E-state index is 0.138. The maximum absolute atomic E-state index is 12.8. The quantitative estimate of drug-likeness (QED) is 0.839. The van der Waals surface area contributed by atoms with Crippen molar-refractivity contribution in [2.75, 3.05) is 31.1 Å². The Kier molecular flexibility index (Phi) is 4.85. The molecule has 0 unspecified atom stereocenters. The second kappa shape index (κ2) is 6.87. The fraction of sp³-hybridized carbons (Fsp3) is 0.667. The highest BCUT2D eigenvalue weighted by Crippen LogP contribution is 2.25. The largest absolute Gasteiger partial charge is 0.372 e. The predicted octanol–water partition coefficient (Wildman–Crippen LogP) is 2.24. The van der Waals surface area contributed by atoms with Crippen molar-refractivity contribution in [2.24, 2.45) is 5.92 Å². The van der Waals surface area contributed by atoms with Crippen molar-refractivity contribution in [3.05, 3.63) is 23.9 Å². The van der Waals surface area contributed by atoms with E-state index in [4.69, 9.17) is 4.74 Å². The summed E-state index contributed by atoms with van der Waals surface area (Å²) >= 11 is 0. The highest BCUT2D eigenvalue weighted by atomic mass is 16.5. The molecule has 5 nitrogen and oxygen atoms in total. The minimum atomic E-state index is 0.138. The third kappa shape index (κ3) is 3.83. The highest BCUT2D eigenvalue weighted by Gasteiger charge is 2.32. The van der Waals surface area contributed by atoms with Crippen molar-refractivity contribution in [3.8, 4) is 0 Å². The molecule has 126 valence electrons. The number of hydrogen-bond donors (Lipinski definition) is 0. The van der Waals surface area contributed by atoms with Gasteiger partial charge < -0.3 is 14.5 Å². The predicted molar refractivity (Wildman–Crippen MR) is 90.5 cm³/mol. The van der Waals surface area contributed by atoms with Gasteiger partial charge in [0.1, 0.15) is 5.82 Å². The molecule has 0 N–H and O–H groups in total. The van der Waals surface area contributed by atoms with Crippen LogP contribution in [0.4, 0.5) is 5.82 Å². The summed E-state index contributed by atoms with van der Waals surface area (Å²) in [6.45, 7) is 9.36. The molecular formula is C18H27N3O2. The second-order valence-corrected chi connectivity index (χ2v) is 6.90. The van der Waals surface area contributed by atoms with Crippen LogP contribution in [0, 0.1) is 12.8 Å². The van der Waals surface area contributed by atoms with E-state index in [1.54, 1.807) is 0 Å². The molecule has 0 saturated carbocycles. The standard InChI is InChI=1S/C18H27N3O2/c1-13-5-4-6-17(19-13)20-9-7-16(8-10-20)18(22)21-11-14(2)23-15(3)12-21/h4-6,14-16H,7-12H2,1-3H3/t14-,15-/m0/s1. The molecule has 1 aromatic heterocycles. The van der Waals surface area contributed by atoms with Gasteiger partial charge in [-0.2, -0.15) is 0 Å². The Morgan fingerprint density at radius 1 is 1.17 bits per heavy atom. The van der Waals surface area contributed by atoms with E-state index in [2.05, 4.69) is 16.0 Å². The maximum atomic E-state index is 12.8. The van der Waals surface area contributed by atoms with E-state index in [-0.39, 0.29) is 18.1 Å². The lowest BCUT2D eigenvalue weighted by molar-refractivity contribution is -0.148. The molecule has 0 radical (unpaired) electrons. The summed E-state index contributed by atoms with van der Waals surface area (Å²) in [6, 6.07) is 6.12. The molecule has 0 spiro atoms. The summed E-state index contributed by atoms with van der Waals surface area (Å²) in [5.74, 6) is 1.49. The van der Waals surface area contributed by atoms with Gasteiger partial charge in [-0.3, -0.25) is 4.79 Å². The van der Waals surface area contributed by atoms with E-state index < -0.39 is 0 Å². The van der Waals surface area contributed by atoms with Crippen molar-refractivity contribution in [2.45, 2.75) is 45.8 Å². The summed E-state index contributed by atoms with van der Waals surface area (Å²) in [6.07, 6.45) is 2.10. The van der Waals surface area contributed by atoms with Gasteiger partial charge in [-0.1, -0.05) is 6.07 Å². The minimum Gasteiger partial charge on any atom is -0.372 e. The van der Waals surface area contributed by atoms with Crippen LogP contribution in [0.5, 0.6) is 0 Å². The molecule has 2 aliphatic rings. The molecule has 2 saturated heterocycles. The third-order valence-corrected chi connectivity index (χ3v) is 4.77. The first-order chi connectivity index (χ1) is 11.0. The van der Waals surface area contributed by atoms with Gasteiger partial charge in [0.15, 0.2) is 0 Å². The molecule has 0 aromatic carbocycles. The van der Waals surface area contributed by atoms with Crippen LogP contribution in [0.1, 0.15) is 32.4 Å². The van der Waals surface area contributed by atoms with Gasteiger partial charge in [0.2, 0.25) is 5.91 Å². The number of morpholine rings is 1. The monoisotopic (exact) mass is 317 g/mol. The first-order valence-electron chi connectivity index (χ1n) is 8.66. The molecule has 2 aliphatic heterocycles. The lowest BCUT2D eigenvalue weighted by Gasteiger charge is -2.39. The van der Waals surface area contributed by atoms with Crippen LogP contribution in [0.15, 0.2) is 18.2 Å². The number of amides is 1. The first kappa shape index (κ1) is 16.2. The number of anilines is 1. The van der Waals surface area contributed by atoms with Crippen LogP contribution in [0.25, 0.3) is 0 Å². The SMILES string of the molecule is Cc1cccc(N2CCC(C(=O)N3C[C@H](C)O[C@@H](C)C3)CC2)n1. The number of hydrogen-bond acceptors (Lipinski definition) is 4. The average Bonchev–Trinajstić information content (AvgIpc) is 2.53. The van der Waals surface area contributed by atoms with Crippen LogP contribution in [-0.2, 0) is 9.53 Å². The lowest BCUT2D eigenvalue weighted by Crippen LogP contribution is -2.51. The molecule has 0 aliphatic carbocycles. The fourth-order valence-corrected chi connectivity index (χ4v) is 3.68. The zero-order valence-electron chi connectivity index (χ0n) is 14.4. The number of piperidine rings is 1. The molecular weight excluding hydrogens is 290 g/mol. The molecule has 23 heavy (non-hydrogen) atoms. The maximum Gasteiger partial charge on any atom is 0.225 e. The number of carbonyl (C=O) groups excluding carboxylic acids is 1. The normalized spacial score (nSPS) is 26.4. The van der Waals surface area contributed by atoms with Crippen molar-refractivity contribution in [1.29, 1.82) is 0 Å². The van der Waals surface area contributed by atoms with E-state index in [9.17, 15) is 4.79 Å². The zero-order chi connectivity index (χ0) is 16.4. The number of pyridine rings is 1. The van der Waals surface area contributed by atoms with Crippen molar-refractivity contribution in [3.63, 3.8) is 0 Å². The molecule has 2 atom stereocenters. The summed E-state index contributed by atoms with van der Waals surface area (Å²) in [4.78, 5) is 21.7. The highest BCUT2D eigenvalue weighted by molar-refractivity contribution is 5.79. The number of nitrogens with zero attached hydrogens (tertiary/aromatic N) is 3. The topological polar surface area (TPSA) is 45.7 Å². The molecule has 5 heteroatoms. The number of carbonyl (C=O) groups is 1. The van der Waals surface area contributed by atoms with Crippen molar-refractivity contribution >= 4 is 11.7 Å². The Morgan fingerprint density at radius 2 is 1.83 bits per heavy atom. The Morgan fingerprint density at radius 3 is 2.43 bits per heavy atom. The first-order valence-corrected chi connectivity index (χ1v) is 8.66. The molecule has 1 aromatic rings. The summed E-state index contributed by atoms with van der Waals surface area (Å²) < 4.78 is 5.73. The number of aromatic nitrogens is 1. The van der Waals surface area contributed by atoms with E-state index in [0.29, 0.717) is 5.91 Å². The van der Waals surface area contributed by atoms with Crippen LogP contribution < -0.4 is 4.90 Å². The van der Waals surface area contributed by atoms with Crippen LogP contribution >= 0.6 is 0 Å². The Labute approximate surface area is 138 Å². The fourth-order valence-electron chi connectivity index (χ4n) is 3.68. The zero-order valence-corrected chi connectivity index (χ0v) is 14.4. The van der Waals surface area contributed by atoms with Crippen molar-refractivity contribution in [1.82, 2.24) is 9.88 Å². The molecule has 3 heterocycles. The van der Waals surface area contributed by atoms with Crippen LogP contribution in [-0.4, -0.2) is 54.2 Å². The van der Waals surface area contributed by atoms with Gasteiger partial charge >= 0.3 is 0 Å². The van der Waals surface area contributed by atoms with Gasteiger partial charge in [0.25, 0.3) is 0 Å². The Bertz CT molecular complexity index is 545. The average molecular weight is 317 g/mol. The third-order valence-electron chi connectivity index (χ3n) is 4.77. The van der Waals surface area contributed by atoms with E-state index >= 15 is 0 Å². The smallest absolute Gasteiger partial charge is 0.225 e. The lowest BCUT2D eigenvalue weighted by atomic mass is 9.94. The Hall–Kier alpha value is -1.62. The van der Waals surface area contributed by atoms with E-state index in [1.807, 2.05) is 37.8 Å². The molecule has 0 bridgehead atoms. The molecule has 3 rings (SSSR count). The van der Waals surface area contributed by atoms with Crippen LogP contribution in [0.2, 0.25) is 0 Å². The number of aryl methyl sites for hydroxylation is 1. The number of ether oxygens (including phenoxy) is 1. The van der Waals surface area contributed by atoms with Gasteiger partial charge in [0.05, 0.1) is 12.2 Å². The van der Waals surface area contributed by atoms with E-state index in [0.717, 1.165) is 50.5 Å². The van der Waals surface area contributed by atoms with Gasteiger partial charge in [-0.05, 0) is 45.7 Å². The molecule has 1 amide bonds. The summed E-state index contributed by atoms with van der Waals surface area (Å²) in [7, 11) is 0. The van der Waals surface area contributed by atoms with Crippen molar-refractivity contribution < 1.29 is 9.53 Å². The Balaban J connectivity index is 1.57. The second-order valence-electron chi connectivity index (χ2n) is 6.90. The van der Waals surface area contributed by atoms with E-state index in [1.165, 1.54) is 0 Å².